The highest BCUT2D eigenvalue weighted by molar-refractivity contribution is 7.07. The number of furan rings is 1. The van der Waals surface area contributed by atoms with Crippen molar-refractivity contribution in [2.24, 2.45) is 4.99 Å². The van der Waals surface area contributed by atoms with Crippen LogP contribution < -0.4 is 19.6 Å². The average molecular weight is 498 g/mol. The Bertz CT molecular complexity index is 1490. The van der Waals surface area contributed by atoms with Gasteiger partial charge in [-0.2, -0.15) is 0 Å². The van der Waals surface area contributed by atoms with E-state index in [-0.39, 0.29) is 28.6 Å². The number of hydrogen-bond acceptors (Lipinski definition) is 9. The highest BCUT2D eigenvalue weighted by atomic mass is 32.1. The van der Waals surface area contributed by atoms with Crippen molar-refractivity contribution in [3.05, 3.63) is 88.8 Å². The number of allylic oxidation sites excluding steroid dienone is 1. The first-order valence-electron chi connectivity index (χ1n) is 10.9. The van der Waals surface area contributed by atoms with Gasteiger partial charge in [0.2, 0.25) is 0 Å². The van der Waals surface area contributed by atoms with Crippen LogP contribution in [0.5, 0.6) is 5.75 Å². The minimum atomic E-state index is -0.772. The Kier molecular flexibility index (Phi) is 6.70. The summed E-state index contributed by atoms with van der Waals surface area (Å²) in [6.45, 7) is 7.42. The fourth-order valence-corrected chi connectivity index (χ4v) is 4.78. The lowest BCUT2D eigenvalue weighted by Gasteiger charge is -2.25. The van der Waals surface area contributed by atoms with Crippen molar-refractivity contribution in [3.8, 4) is 5.75 Å². The summed E-state index contributed by atoms with van der Waals surface area (Å²) in [5.41, 5.74) is 0.976. The van der Waals surface area contributed by atoms with E-state index in [1.54, 1.807) is 38.1 Å². The molecule has 0 saturated heterocycles. The molecule has 0 radical (unpaired) electrons. The Morgan fingerprint density at radius 2 is 2.00 bits per heavy atom. The summed E-state index contributed by atoms with van der Waals surface area (Å²) in [5.74, 6) is -0.160. The molecule has 1 aromatic carbocycles. The van der Waals surface area contributed by atoms with Crippen LogP contribution in [0.15, 0.2) is 61.9 Å². The Labute approximate surface area is 203 Å². The summed E-state index contributed by atoms with van der Waals surface area (Å²) in [5, 5.41) is 10.9. The molecular weight excluding hydrogens is 474 g/mol. The van der Waals surface area contributed by atoms with E-state index in [9.17, 15) is 19.7 Å². The molecule has 1 atom stereocenters. The first-order valence-corrected chi connectivity index (χ1v) is 11.7. The molecule has 4 rings (SSSR count). The first-order chi connectivity index (χ1) is 16.7. The lowest BCUT2D eigenvalue weighted by atomic mass is 9.96. The average Bonchev–Trinajstić information content (AvgIpc) is 3.38. The van der Waals surface area contributed by atoms with Gasteiger partial charge in [0.1, 0.15) is 16.4 Å². The molecule has 0 saturated carbocycles. The number of fused-ring (bicyclic) bond motifs is 1. The first kappa shape index (κ1) is 24.1. The normalized spacial score (nSPS) is 15.7. The third-order valence-electron chi connectivity index (χ3n) is 5.15. The molecule has 35 heavy (non-hydrogen) atoms. The zero-order valence-electron chi connectivity index (χ0n) is 19.5. The standard InChI is InChI=1S/C24H23N3O7S/c1-5-32-23(29)20-14(4)25-24-26(21(20)15-6-8-16(9-7-15)33-13(2)3)22(28)18(35-24)12-17-10-11-19(34-17)27(30)31/h6-13,21H,5H2,1-4H3/b18-12-/t21-/m1/s1. The fraction of sp³-hybridized carbons (Fsp3) is 0.292. The molecule has 3 heterocycles. The van der Waals surface area contributed by atoms with Crippen LogP contribution in [0, 0.1) is 10.1 Å². The monoisotopic (exact) mass is 497 g/mol. The van der Waals surface area contributed by atoms with Crippen LogP contribution in [0.4, 0.5) is 5.88 Å². The SMILES string of the molecule is CCOC(=O)C1=C(C)N=c2s/c(=C\c3ccc([N+](=O)[O-])o3)c(=O)n2[C@@H]1c1ccc(OC(C)C)cc1. The number of carbonyl (C=O) groups excluding carboxylic acids is 1. The third-order valence-corrected chi connectivity index (χ3v) is 6.13. The highest BCUT2D eigenvalue weighted by Crippen LogP contribution is 2.31. The zero-order valence-corrected chi connectivity index (χ0v) is 20.3. The van der Waals surface area contributed by atoms with E-state index in [1.165, 1.54) is 22.8 Å². The second-order valence-electron chi connectivity index (χ2n) is 7.97. The van der Waals surface area contributed by atoms with Crippen LogP contribution in [-0.2, 0) is 9.53 Å². The summed E-state index contributed by atoms with van der Waals surface area (Å²) in [6.07, 6.45) is 1.42. The summed E-state index contributed by atoms with van der Waals surface area (Å²) < 4.78 is 17.9. The summed E-state index contributed by atoms with van der Waals surface area (Å²) in [6, 6.07) is 9.02. The summed E-state index contributed by atoms with van der Waals surface area (Å²) in [4.78, 5) is 41.6. The van der Waals surface area contributed by atoms with Crippen molar-refractivity contribution in [1.29, 1.82) is 0 Å². The number of hydrogen-bond donors (Lipinski definition) is 0. The Hall–Kier alpha value is -3.99. The van der Waals surface area contributed by atoms with Crippen LogP contribution in [0.2, 0.25) is 0 Å². The molecule has 11 heteroatoms. The minimum absolute atomic E-state index is 0.00631. The van der Waals surface area contributed by atoms with Crippen LogP contribution >= 0.6 is 11.3 Å². The number of nitro groups is 1. The van der Waals surface area contributed by atoms with Crippen LogP contribution in [0.25, 0.3) is 6.08 Å². The van der Waals surface area contributed by atoms with Crippen LogP contribution in [-0.4, -0.2) is 28.2 Å². The maximum Gasteiger partial charge on any atom is 0.433 e. The molecule has 1 aliphatic heterocycles. The molecule has 1 aliphatic rings. The summed E-state index contributed by atoms with van der Waals surface area (Å²) >= 11 is 1.10. The molecule has 2 aromatic heterocycles. The number of ether oxygens (including phenoxy) is 2. The Morgan fingerprint density at radius 1 is 1.29 bits per heavy atom. The molecule has 0 bridgehead atoms. The number of esters is 1. The van der Waals surface area contributed by atoms with Crippen molar-refractivity contribution in [2.75, 3.05) is 6.61 Å². The van der Waals surface area contributed by atoms with Crippen molar-refractivity contribution >= 4 is 29.3 Å². The number of thiazole rings is 1. The molecular formula is C24H23N3O7S. The molecule has 0 amide bonds. The molecule has 10 nitrogen and oxygen atoms in total. The molecule has 0 fully saturated rings. The molecule has 182 valence electrons. The van der Waals surface area contributed by atoms with Crippen LogP contribution in [0.3, 0.4) is 0 Å². The van der Waals surface area contributed by atoms with E-state index in [0.29, 0.717) is 21.8 Å². The zero-order chi connectivity index (χ0) is 25.3. The van der Waals surface area contributed by atoms with Gasteiger partial charge in [-0.1, -0.05) is 23.5 Å². The molecule has 0 aliphatic carbocycles. The predicted molar refractivity (Wildman–Crippen MR) is 128 cm³/mol. The van der Waals surface area contributed by atoms with Gasteiger partial charge in [0.15, 0.2) is 4.80 Å². The number of carbonyl (C=O) groups is 1. The number of aromatic nitrogens is 1. The molecule has 0 N–H and O–H groups in total. The second kappa shape index (κ2) is 9.71. The van der Waals surface area contributed by atoms with Gasteiger partial charge in [0, 0.05) is 6.08 Å². The van der Waals surface area contributed by atoms with E-state index in [0.717, 1.165) is 11.3 Å². The largest absolute Gasteiger partial charge is 0.491 e. The summed E-state index contributed by atoms with van der Waals surface area (Å²) in [7, 11) is 0. The van der Waals surface area contributed by atoms with Crippen molar-refractivity contribution in [1.82, 2.24) is 4.57 Å². The van der Waals surface area contributed by atoms with E-state index >= 15 is 0 Å². The van der Waals surface area contributed by atoms with Gasteiger partial charge in [0.25, 0.3) is 5.56 Å². The van der Waals surface area contributed by atoms with Crippen molar-refractivity contribution < 1.29 is 23.6 Å². The minimum Gasteiger partial charge on any atom is -0.491 e. The third kappa shape index (κ3) is 4.80. The lowest BCUT2D eigenvalue weighted by molar-refractivity contribution is -0.402. The van der Waals surface area contributed by atoms with E-state index in [1.807, 2.05) is 13.8 Å². The quantitative estimate of drug-likeness (QED) is 0.279. The van der Waals surface area contributed by atoms with E-state index in [2.05, 4.69) is 4.99 Å². The lowest BCUT2D eigenvalue weighted by Crippen LogP contribution is -2.39. The van der Waals surface area contributed by atoms with Gasteiger partial charge in [-0.25, -0.2) is 9.79 Å². The topological polar surface area (TPSA) is 126 Å². The fourth-order valence-electron chi connectivity index (χ4n) is 3.75. The smallest absolute Gasteiger partial charge is 0.433 e. The Balaban J connectivity index is 1.88. The van der Waals surface area contributed by atoms with Gasteiger partial charge in [-0.3, -0.25) is 19.5 Å². The van der Waals surface area contributed by atoms with Gasteiger partial charge in [-0.05, 0) is 51.5 Å². The van der Waals surface area contributed by atoms with Crippen molar-refractivity contribution in [3.63, 3.8) is 0 Å². The number of nitrogens with zero attached hydrogens (tertiary/aromatic N) is 3. The number of benzene rings is 1. The second-order valence-corrected chi connectivity index (χ2v) is 8.98. The van der Waals surface area contributed by atoms with E-state index in [4.69, 9.17) is 13.9 Å². The predicted octanol–water partition coefficient (Wildman–Crippen LogP) is 3.09. The van der Waals surface area contributed by atoms with Crippen molar-refractivity contribution in [2.45, 2.75) is 39.8 Å². The van der Waals surface area contributed by atoms with Gasteiger partial charge in [-0.15, -0.1) is 0 Å². The molecule has 3 aromatic rings. The van der Waals surface area contributed by atoms with Gasteiger partial charge >= 0.3 is 11.9 Å². The van der Waals surface area contributed by atoms with Gasteiger partial charge < -0.3 is 13.9 Å². The maximum atomic E-state index is 13.5. The van der Waals surface area contributed by atoms with Gasteiger partial charge in [0.05, 0.1) is 40.6 Å². The Morgan fingerprint density at radius 3 is 2.60 bits per heavy atom. The highest BCUT2D eigenvalue weighted by Gasteiger charge is 2.33. The van der Waals surface area contributed by atoms with E-state index < -0.39 is 28.4 Å². The number of rotatable bonds is 7. The van der Waals surface area contributed by atoms with Crippen LogP contribution in [0.1, 0.15) is 45.1 Å². The maximum absolute atomic E-state index is 13.5. The molecule has 0 unspecified atom stereocenters. The molecule has 0 spiro atoms.